The Bertz CT molecular complexity index is 191. The van der Waals surface area contributed by atoms with Crippen molar-refractivity contribution in [3.05, 3.63) is 0 Å². The summed E-state index contributed by atoms with van der Waals surface area (Å²) in [6.45, 7) is 10.6. The molecule has 1 unspecified atom stereocenters. The van der Waals surface area contributed by atoms with E-state index in [0.717, 1.165) is 12.6 Å². The molecule has 3 nitrogen and oxygen atoms in total. The minimum absolute atomic E-state index is 0.312. The number of fused-ring (bicyclic) bond motifs is 1. The number of hydrogen-bond donors (Lipinski definition) is 1. The van der Waals surface area contributed by atoms with E-state index in [0.29, 0.717) is 5.54 Å². The molecule has 0 bridgehead atoms. The summed E-state index contributed by atoms with van der Waals surface area (Å²) >= 11 is 0. The van der Waals surface area contributed by atoms with Crippen LogP contribution in [-0.4, -0.2) is 61.2 Å². The van der Waals surface area contributed by atoms with Gasteiger partial charge in [-0.05, 0) is 20.9 Å². The van der Waals surface area contributed by atoms with Crippen molar-refractivity contribution in [2.75, 3.05) is 39.8 Å². The third-order valence-corrected chi connectivity index (χ3v) is 3.22. The molecule has 0 aliphatic carbocycles. The largest absolute Gasteiger partial charge is 0.309 e. The van der Waals surface area contributed by atoms with Crippen LogP contribution in [0.5, 0.6) is 0 Å². The van der Waals surface area contributed by atoms with E-state index in [1.165, 1.54) is 26.2 Å². The van der Waals surface area contributed by atoms with Gasteiger partial charge in [0.05, 0.1) is 0 Å². The number of nitrogens with one attached hydrogen (secondary N) is 1. The van der Waals surface area contributed by atoms with Crippen molar-refractivity contribution in [1.82, 2.24) is 15.1 Å². The van der Waals surface area contributed by atoms with Crippen molar-refractivity contribution < 1.29 is 0 Å². The smallest absolute Gasteiger partial charge is 0.0349 e. The Balaban J connectivity index is 1.98. The zero-order chi connectivity index (χ0) is 9.47. The summed E-state index contributed by atoms with van der Waals surface area (Å²) < 4.78 is 0. The molecule has 2 fully saturated rings. The number of nitrogens with zero attached hydrogens (tertiary/aromatic N) is 2. The van der Waals surface area contributed by atoms with Crippen molar-refractivity contribution in [3.8, 4) is 0 Å². The zero-order valence-electron chi connectivity index (χ0n) is 9.01. The van der Waals surface area contributed by atoms with Crippen LogP contribution in [0.3, 0.4) is 0 Å². The maximum atomic E-state index is 3.61. The van der Waals surface area contributed by atoms with Crippen LogP contribution in [0.2, 0.25) is 0 Å². The Morgan fingerprint density at radius 1 is 1.31 bits per heavy atom. The SMILES string of the molecule is CN1CCN2CC(C)(C)NCC2C1. The molecule has 0 spiro atoms. The van der Waals surface area contributed by atoms with E-state index >= 15 is 0 Å². The average molecular weight is 183 g/mol. The average Bonchev–Trinajstić information content (AvgIpc) is 2.05. The second kappa shape index (κ2) is 3.23. The fraction of sp³-hybridized carbons (Fsp3) is 1.00. The standard InChI is InChI=1S/C10H21N3/c1-10(2)8-13-5-4-12(3)7-9(13)6-11-10/h9,11H,4-8H2,1-3H3. The van der Waals surface area contributed by atoms with Gasteiger partial charge in [0, 0.05) is 44.3 Å². The zero-order valence-corrected chi connectivity index (χ0v) is 9.01. The molecule has 2 rings (SSSR count). The maximum Gasteiger partial charge on any atom is 0.0349 e. The molecule has 0 aromatic heterocycles. The van der Waals surface area contributed by atoms with Gasteiger partial charge in [0.25, 0.3) is 0 Å². The van der Waals surface area contributed by atoms with Crippen LogP contribution < -0.4 is 5.32 Å². The highest BCUT2D eigenvalue weighted by molar-refractivity contribution is 4.95. The minimum Gasteiger partial charge on any atom is -0.309 e. The Hall–Kier alpha value is -0.120. The fourth-order valence-corrected chi connectivity index (χ4v) is 2.41. The van der Waals surface area contributed by atoms with Gasteiger partial charge in [-0.1, -0.05) is 0 Å². The van der Waals surface area contributed by atoms with E-state index in [2.05, 4.69) is 36.0 Å². The Morgan fingerprint density at radius 2 is 2.08 bits per heavy atom. The molecular formula is C10H21N3. The first-order valence-electron chi connectivity index (χ1n) is 5.24. The van der Waals surface area contributed by atoms with Gasteiger partial charge in [-0.25, -0.2) is 0 Å². The molecule has 0 saturated carbocycles. The molecule has 2 saturated heterocycles. The van der Waals surface area contributed by atoms with E-state index in [-0.39, 0.29) is 0 Å². The summed E-state index contributed by atoms with van der Waals surface area (Å²) in [5.41, 5.74) is 0.312. The molecule has 3 heteroatoms. The molecule has 0 aromatic carbocycles. The first-order valence-corrected chi connectivity index (χ1v) is 5.24. The van der Waals surface area contributed by atoms with Crippen LogP contribution >= 0.6 is 0 Å². The Kier molecular flexibility index (Phi) is 2.34. The molecule has 13 heavy (non-hydrogen) atoms. The summed E-state index contributed by atoms with van der Waals surface area (Å²) in [7, 11) is 2.22. The van der Waals surface area contributed by atoms with Crippen LogP contribution in [0.4, 0.5) is 0 Å². The van der Waals surface area contributed by atoms with Crippen molar-refractivity contribution in [2.24, 2.45) is 0 Å². The molecule has 2 aliphatic heterocycles. The van der Waals surface area contributed by atoms with Gasteiger partial charge >= 0.3 is 0 Å². The molecule has 0 aromatic rings. The number of hydrogen-bond acceptors (Lipinski definition) is 3. The molecule has 2 aliphatic rings. The minimum atomic E-state index is 0.312. The van der Waals surface area contributed by atoms with E-state index in [1.54, 1.807) is 0 Å². The molecule has 1 N–H and O–H groups in total. The third-order valence-electron chi connectivity index (χ3n) is 3.22. The van der Waals surface area contributed by atoms with Gasteiger partial charge in [-0.3, -0.25) is 4.90 Å². The normalized spacial score (nSPS) is 35.8. The first-order chi connectivity index (χ1) is 6.07. The van der Waals surface area contributed by atoms with Gasteiger partial charge in [0.15, 0.2) is 0 Å². The summed E-state index contributed by atoms with van der Waals surface area (Å²) in [6, 6.07) is 0.742. The van der Waals surface area contributed by atoms with Crippen LogP contribution in [0.1, 0.15) is 13.8 Å². The van der Waals surface area contributed by atoms with Crippen molar-refractivity contribution in [3.63, 3.8) is 0 Å². The second-order valence-electron chi connectivity index (χ2n) is 5.15. The van der Waals surface area contributed by atoms with Crippen LogP contribution in [0, 0.1) is 0 Å². The highest BCUT2D eigenvalue weighted by atomic mass is 15.3. The lowest BCUT2D eigenvalue weighted by Gasteiger charge is -2.48. The molecule has 2 heterocycles. The van der Waals surface area contributed by atoms with Gasteiger partial charge in [-0.2, -0.15) is 0 Å². The first kappa shape index (κ1) is 9.44. The second-order valence-corrected chi connectivity index (χ2v) is 5.15. The van der Waals surface area contributed by atoms with Crippen molar-refractivity contribution in [1.29, 1.82) is 0 Å². The molecule has 0 radical (unpaired) electrons. The Morgan fingerprint density at radius 3 is 2.85 bits per heavy atom. The molecular weight excluding hydrogens is 162 g/mol. The van der Waals surface area contributed by atoms with Crippen LogP contribution in [0.15, 0.2) is 0 Å². The van der Waals surface area contributed by atoms with Crippen molar-refractivity contribution >= 4 is 0 Å². The van der Waals surface area contributed by atoms with Gasteiger partial charge in [0.2, 0.25) is 0 Å². The van der Waals surface area contributed by atoms with E-state index in [1.807, 2.05) is 0 Å². The van der Waals surface area contributed by atoms with Gasteiger partial charge in [-0.15, -0.1) is 0 Å². The Labute approximate surface area is 81.1 Å². The molecule has 76 valence electrons. The van der Waals surface area contributed by atoms with Crippen molar-refractivity contribution in [2.45, 2.75) is 25.4 Å². The molecule has 0 amide bonds. The van der Waals surface area contributed by atoms with E-state index in [9.17, 15) is 0 Å². The third kappa shape index (κ3) is 2.03. The summed E-state index contributed by atoms with van der Waals surface area (Å²) in [5, 5.41) is 3.61. The van der Waals surface area contributed by atoms with Crippen LogP contribution in [0.25, 0.3) is 0 Å². The summed E-state index contributed by atoms with van der Waals surface area (Å²) in [5.74, 6) is 0. The van der Waals surface area contributed by atoms with E-state index < -0.39 is 0 Å². The highest BCUT2D eigenvalue weighted by Gasteiger charge is 2.34. The lowest BCUT2D eigenvalue weighted by molar-refractivity contribution is 0.0336. The van der Waals surface area contributed by atoms with Gasteiger partial charge < -0.3 is 10.2 Å². The lowest BCUT2D eigenvalue weighted by Crippen LogP contribution is -2.66. The monoisotopic (exact) mass is 183 g/mol. The lowest BCUT2D eigenvalue weighted by atomic mass is 9.97. The molecule has 1 atom stereocenters. The van der Waals surface area contributed by atoms with Gasteiger partial charge in [0.1, 0.15) is 0 Å². The highest BCUT2D eigenvalue weighted by Crippen LogP contribution is 2.17. The number of likely N-dealkylation sites (N-methyl/N-ethyl adjacent to an activating group) is 1. The fourth-order valence-electron chi connectivity index (χ4n) is 2.41. The quantitative estimate of drug-likeness (QED) is 0.569. The topological polar surface area (TPSA) is 18.5 Å². The van der Waals surface area contributed by atoms with E-state index in [4.69, 9.17) is 0 Å². The number of rotatable bonds is 0. The number of piperazine rings is 2. The summed E-state index contributed by atoms with van der Waals surface area (Å²) in [6.07, 6.45) is 0. The predicted molar refractivity (Wildman–Crippen MR) is 54.9 cm³/mol. The maximum absolute atomic E-state index is 3.61. The van der Waals surface area contributed by atoms with Crippen LogP contribution in [-0.2, 0) is 0 Å². The summed E-state index contributed by atoms with van der Waals surface area (Å²) in [4.78, 5) is 5.07. The predicted octanol–water partition coefficient (Wildman–Crippen LogP) is -0.0158.